The van der Waals surface area contributed by atoms with Gasteiger partial charge in [-0.1, -0.05) is 42.0 Å². The number of rotatable bonds is 6. The molecule has 2 heterocycles. The van der Waals surface area contributed by atoms with Crippen molar-refractivity contribution in [1.29, 1.82) is 0 Å². The summed E-state index contributed by atoms with van der Waals surface area (Å²) >= 11 is 0. The summed E-state index contributed by atoms with van der Waals surface area (Å²) in [4.78, 5) is 27.5. The van der Waals surface area contributed by atoms with E-state index in [2.05, 4.69) is 5.32 Å². The number of hydrogen-bond donors (Lipinski definition) is 1. The van der Waals surface area contributed by atoms with Gasteiger partial charge in [0.25, 0.3) is 5.91 Å². The molecule has 1 aliphatic heterocycles. The van der Waals surface area contributed by atoms with Crippen LogP contribution >= 0.6 is 0 Å². The Morgan fingerprint density at radius 1 is 1.07 bits per heavy atom. The molecule has 154 valence electrons. The van der Waals surface area contributed by atoms with Crippen molar-refractivity contribution in [2.24, 2.45) is 0 Å². The summed E-state index contributed by atoms with van der Waals surface area (Å²) in [5, 5.41) is 2.91. The average Bonchev–Trinajstić information content (AvgIpc) is 3.31. The van der Waals surface area contributed by atoms with E-state index in [0.717, 1.165) is 22.4 Å². The fourth-order valence-electron chi connectivity index (χ4n) is 3.61. The zero-order valence-corrected chi connectivity index (χ0v) is 16.8. The quantitative estimate of drug-likeness (QED) is 0.640. The predicted molar refractivity (Wildman–Crippen MR) is 112 cm³/mol. The molecule has 4 rings (SSSR count). The van der Waals surface area contributed by atoms with Crippen molar-refractivity contribution >= 4 is 11.8 Å². The minimum atomic E-state index is -0.600. The van der Waals surface area contributed by atoms with Gasteiger partial charge in [-0.3, -0.25) is 9.59 Å². The molecule has 6 heteroatoms. The number of benzene rings is 2. The van der Waals surface area contributed by atoms with Crippen LogP contribution < -0.4 is 10.1 Å². The van der Waals surface area contributed by atoms with Gasteiger partial charge in [0.2, 0.25) is 5.91 Å². The molecular formula is C24H24N2O4. The number of nitrogens with zero attached hydrogens (tertiary/aromatic N) is 1. The molecule has 2 aromatic carbocycles. The summed E-state index contributed by atoms with van der Waals surface area (Å²) in [5.74, 6) is 0.508. The van der Waals surface area contributed by atoms with Gasteiger partial charge in [0.1, 0.15) is 18.4 Å². The fraction of sp³-hybridized carbons (Fsp3) is 0.250. The third-order valence-corrected chi connectivity index (χ3v) is 5.24. The van der Waals surface area contributed by atoms with Gasteiger partial charge >= 0.3 is 0 Å². The molecule has 1 N–H and O–H groups in total. The Bertz CT molecular complexity index is 1010. The smallest absolute Gasteiger partial charge is 0.290 e. The van der Waals surface area contributed by atoms with Crippen LogP contribution in [0.4, 0.5) is 0 Å². The minimum absolute atomic E-state index is 0.197. The molecule has 3 aromatic rings. The first kappa shape index (κ1) is 19.8. The van der Waals surface area contributed by atoms with Crippen molar-refractivity contribution < 1.29 is 18.7 Å². The lowest BCUT2D eigenvalue weighted by Gasteiger charge is -2.35. The van der Waals surface area contributed by atoms with Crippen molar-refractivity contribution in [1.82, 2.24) is 10.2 Å². The highest BCUT2D eigenvalue weighted by atomic mass is 16.5. The Labute approximate surface area is 175 Å². The molecule has 0 aliphatic carbocycles. The maximum Gasteiger partial charge on any atom is 0.290 e. The van der Waals surface area contributed by atoms with E-state index >= 15 is 0 Å². The molecule has 2 amide bonds. The molecule has 1 aliphatic rings. The Morgan fingerprint density at radius 2 is 1.83 bits per heavy atom. The summed E-state index contributed by atoms with van der Waals surface area (Å²) in [6.45, 7) is 3.09. The second-order valence-corrected chi connectivity index (χ2v) is 7.35. The summed E-state index contributed by atoms with van der Waals surface area (Å²) in [5.41, 5.74) is 3.29. The van der Waals surface area contributed by atoms with Crippen molar-refractivity contribution in [2.45, 2.75) is 25.9 Å². The van der Waals surface area contributed by atoms with Crippen LogP contribution in [0.1, 0.15) is 27.2 Å². The van der Waals surface area contributed by atoms with Crippen LogP contribution in [0.25, 0.3) is 0 Å². The highest BCUT2D eigenvalue weighted by Crippen LogP contribution is 2.25. The predicted octanol–water partition coefficient (Wildman–Crippen LogP) is 3.35. The molecular weight excluding hydrogens is 380 g/mol. The van der Waals surface area contributed by atoms with Crippen LogP contribution in [0, 0.1) is 6.92 Å². The molecule has 0 saturated carbocycles. The summed E-state index contributed by atoms with van der Waals surface area (Å²) in [6, 6.07) is 18.3. The van der Waals surface area contributed by atoms with Crippen LogP contribution in [-0.2, 0) is 17.8 Å². The van der Waals surface area contributed by atoms with Crippen LogP contribution in [-0.4, -0.2) is 35.9 Å². The van der Waals surface area contributed by atoms with Crippen LogP contribution in [0.15, 0.2) is 71.3 Å². The van der Waals surface area contributed by atoms with Gasteiger partial charge in [0.15, 0.2) is 5.76 Å². The maximum atomic E-state index is 13.0. The van der Waals surface area contributed by atoms with Crippen molar-refractivity contribution in [3.8, 4) is 5.75 Å². The van der Waals surface area contributed by atoms with Crippen LogP contribution in [0.2, 0.25) is 0 Å². The van der Waals surface area contributed by atoms with E-state index in [4.69, 9.17) is 9.15 Å². The summed E-state index contributed by atoms with van der Waals surface area (Å²) < 4.78 is 11.0. The fourth-order valence-corrected chi connectivity index (χ4v) is 3.61. The van der Waals surface area contributed by atoms with Crippen LogP contribution in [0.5, 0.6) is 5.75 Å². The van der Waals surface area contributed by atoms with Gasteiger partial charge < -0.3 is 19.4 Å². The van der Waals surface area contributed by atoms with E-state index in [9.17, 15) is 9.59 Å². The van der Waals surface area contributed by atoms with E-state index in [1.807, 2.05) is 55.5 Å². The molecule has 6 nitrogen and oxygen atoms in total. The van der Waals surface area contributed by atoms with Gasteiger partial charge in [-0.05, 0) is 42.3 Å². The molecule has 0 bridgehead atoms. The third kappa shape index (κ3) is 4.38. The first-order valence-electron chi connectivity index (χ1n) is 10.0. The van der Waals surface area contributed by atoms with Crippen molar-refractivity contribution in [3.63, 3.8) is 0 Å². The lowest BCUT2D eigenvalue weighted by Crippen LogP contribution is -2.53. The number of amides is 2. The second kappa shape index (κ2) is 8.86. The van der Waals surface area contributed by atoms with Gasteiger partial charge in [0, 0.05) is 13.0 Å². The van der Waals surface area contributed by atoms with Crippen molar-refractivity contribution in [3.05, 3.63) is 89.4 Å². The number of carbonyl (C=O) groups excluding carboxylic acids is 2. The number of nitrogens with one attached hydrogen (secondary N) is 1. The Kier molecular flexibility index (Phi) is 5.84. The standard InChI is InChI=1S/C24H24N2O4/c1-17-8-10-20(11-9-17)29-14-12-25-23(27)21-15-18-5-2-3-6-19(18)16-26(21)24(28)22-7-4-13-30-22/h2-11,13,21H,12,14-16H2,1H3,(H,25,27). The maximum absolute atomic E-state index is 13.0. The number of ether oxygens (including phenoxy) is 1. The van der Waals surface area contributed by atoms with Gasteiger partial charge in [0.05, 0.1) is 12.8 Å². The molecule has 1 aromatic heterocycles. The molecule has 0 saturated heterocycles. The topological polar surface area (TPSA) is 71.8 Å². The summed E-state index contributed by atoms with van der Waals surface area (Å²) in [7, 11) is 0. The second-order valence-electron chi connectivity index (χ2n) is 7.35. The largest absolute Gasteiger partial charge is 0.492 e. The van der Waals surface area contributed by atoms with Crippen molar-refractivity contribution in [2.75, 3.05) is 13.2 Å². The van der Waals surface area contributed by atoms with E-state index < -0.39 is 6.04 Å². The Morgan fingerprint density at radius 3 is 2.57 bits per heavy atom. The Balaban J connectivity index is 1.42. The van der Waals surface area contributed by atoms with Gasteiger partial charge in [-0.2, -0.15) is 0 Å². The molecule has 0 spiro atoms. The minimum Gasteiger partial charge on any atom is -0.492 e. The molecule has 0 radical (unpaired) electrons. The first-order chi connectivity index (χ1) is 14.6. The zero-order chi connectivity index (χ0) is 20.9. The third-order valence-electron chi connectivity index (χ3n) is 5.24. The zero-order valence-electron chi connectivity index (χ0n) is 16.8. The van der Waals surface area contributed by atoms with E-state index in [1.54, 1.807) is 17.0 Å². The van der Waals surface area contributed by atoms with E-state index in [0.29, 0.717) is 26.1 Å². The highest BCUT2D eigenvalue weighted by molar-refractivity contribution is 5.96. The Hall–Kier alpha value is -3.54. The van der Waals surface area contributed by atoms with E-state index in [-0.39, 0.29) is 17.6 Å². The number of aryl methyl sites for hydroxylation is 1. The van der Waals surface area contributed by atoms with Gasteiger partial charge in [-0.15, -0.1) is 0 Å². The molecule has 30 heavy (non-hydrogen) atoms. The number of hydrogen-bond acceptors (Lipinski definition) is 4. The number of carbonyl (C=O) groups is 2. The highest BCUT2D eigenvalue weighted by Gasteiger charge is 2.35. The first-order valence-corrected chi connectivity index (χ1v) is 10.0. The molecule has 0 fully saturated rings. The SMILES string of the molecule is Cc1ccc(OCCNC(=O)C2Cc3ccccc3CN2C(=O)c2ccco2)cc1. The lowest BCUT2D eigenvalue weighted by molar-refractivity contribution is -0.126. The van der Waals surface area contributed by atoms with Crippen LogP contribution in [0.3, 0.4) is 0 Å². The lowest BCUT2D eigenvalue weighted by atomic mass is 9.93. The number of furan rings is 1. The normalized spacial score (nSPS) is 15.4. The average molecular weight is 404 g/mol. The molecule has 1 atom stereocenters. The monoisotopic (exact) mass is 404 g/mol. The number of fused-ring (bicyclic) bond motifs is 1. The molecule has 1 unspecified atom stereocenters. The summed E-state index contributed by atoms with van der Waals surface area (Å²) in [6.07, 6.45) is 1.93. The van der Waals surface area contributed by atoms with E-state index in [1.165, 1.54) is 6.26 Å². The van der Waals surface area contributed by atoms with Gasteiger partial charge in [-0.25, -0.2) is 0 Å².